The molecule has 4 aromatic heterocycles. The van der Waals surface area contributed by atoms with Crippen LogP contribution in [0.25, 0.3) is 43.8 Å². The zero-order valence-corrected chi connectivity index (χ0v) is 17.5. The Kier molecular flexibility index (Phi) is 4.30. The molecule has 5 nitrogen and oxygen atoms in total. The highest BCUT2D eigenvalue weighted by Crippen LogP contribution is 2.37. The summed E-state index contributed by atoms with van der Waals surface area (Å²) < 4.78 is 5.15. The summed E-state index contributed by atoms with van der Waals surface area (Å²) in [5, 5.41) is 14.7. The highest BCUT2D eigenvalue weighted by atomic mass is 79.9. The van der Waals surface area contributed by atoms with E-state index in [4.69, 9.17) is 4.98 Å². The molecule has 0 saturated carbocycles. The minimum Gasteiger partial charge on any atom is -0.395 e. The van der Waals surface area contributed by atoms with E-state index in [0.717, 1.165) is 48.2 Å². The van der Waals surface area contributed by atoms with Crippen LogP contribution in [0.2, 0.25) is 0 Å². The van der Waals surface area contributed by atoms with Crippen molar-refractivity contribution in [1.82, 2.24) is 19.1 Å². The van der Waals surface area contributed by atoms with E-state index < -0.39 is 0 Å². The van der Waals surface area contributed by atoms with Crippen LogP contribution in [0.3, 0.4) is 0 Å². The van der Waals surface area contributed by atoms with Gasteiger partial charge in [-0.3, -0.25) is 0 Å². The Labute approximate surface area is 174 Å². The van der Waals surface area contributed by atoms with Crippen LogP contribution < -0.4 is 0 Å². The first-order valence-corrected chi connectivity index (χ1v) is 10.6. The fourth-order valence-electron chi connectivity index (χ4n) is 3.67. The molecule has 0 saturated heterocycles. The lowest BCUT2D eigenvalue weighted by molar-refractivity contribution is 0.278. The topological polar surface area (TPSA) is 55.9 Å². The molecular formula is C21H17BrN4OS. The van der Waals surface area contributed by atoms with Crippen molar-refractivity contribution in [1.29, 1.82) is 0 Å². The largest absolute Gasteiger partial charge is 0.395 e. The van der Waals surface area contributed by atoms with E-state index in [1.54, 1.807) is 11.3 Å². The number of halogens is 1. The number of rotatable bonds is 4. The minimum absolute atomic E-state index is 0.103. The zero-order chi connectivity index (χ0) is 19.3. The maximum absolute atomic E-state index is 9.42. The van der Waals surface area contributed by atoms with E-state index in [1.807, 2.05) is 29.9 Å². The number of hydrogen-bond acceptors (Lipinski definition) is 4. The fraction of sp³-hybridized carbons (Fsp3) is 0.143. The summed E-state index contributed by atoms with van der Waals surface area (Å²) >= 11 is 5.21. The van der Waals surface area contributed by atoms with Gasteiger partial charge in [-0.1, -0.05) is 15.9 Å². The molecule has 1 aromatic carbocycles. The summed E-state index contributed by atoms with van der Waals surface area (Å²) in [7, 11) is 2.01. The van der Waals surface area contributed by atoms with Crippen LogP contribution >= 0.6 is 27.3 Å². The minimum atomic E-state index is 0.103. The van der Waals surface area contributed by atoms with Crippen molar-refractivity contribution in [2.75, 3.05) is 6.61 Å². The van der Waals surface area contributed by atoms with Gasteiger partial charge < -0.3 is 14.2 Å². The lowest BCUT2D eigenvalue weighted by Crippen LogP contribution is -1.99. The molecule has 0 amide bonds. The number of aliphatic hydroxyl groups excluding tert-OH is 1. The second-order valence-corrected chi connectivity index (χ2v) is 8.46. The Morgan fingerprint density at radius 3 is 2.89 bits per heavy atom. The standard InChI is InChI=1S/C21H17BrN4OS/c1-25-10-16(14-3-2-6-23-20(14)25)18-12-28-21(24-18)17-11-26(7-8-27)19-5-4-13(22)9-15(17)19/h2-6,9-12,27H,7-8H2,1H3. The third-order valence-corrected chi connectivity index (χ3v) is 6.30. The second kappa shape index (κ2) is 6.84. The lowest BCUT2D eigenvalue weighted by atomic mass is 10.1. The van der Waals surface area contributed by atoms with Gasteiger partial charge in [0, 0.05) is 69.5 Å². The van der Waals surface area contributed by atoms with Crippen molar-refractivity contribution in [2.24, 2.45) is 7.05 Å². The van der Waals surface area contributed by atoms with Gasteiger partial charge in [-0.2, -0.15) is 0 Å². The maximum Gasteiger partial charge on any atom is 0.140 e. The van der Waals surface area contributed by atoms with Gasteiger partial charge in [-0.05, 0) is 30.3 Å². The molecule has 140 valence electrons. The summed E-state index contributed by atoms with van der Waals surface area (Å²) in [6, 6.07) is 10.3. The Balaban J connectivity index is 1.66. The maximum atomic E-state index is 9.42. The molecule has 28 heavy (non-hydrogen) atoms. The summed E-state index contributed by atoms with van der Waals surface area (Å²) in [6.45, 7) is 0.663. The summed E-state index contributed by atoms with van der Waals surface area (Å²) in [4.78, 5) is 9.43. The van der Waals surface area contributed by atoms with E-state index in [2.05, 4.69) is 61.5 Å². The number of pyridine rings is 1. The second-order valence-electron chi connectivity index (χ2n) is 6.69. The third kappa shape index (κ3) is 2.78. The monoisotopic (exact) mass is 452 g/mol. The van der Waals surface area contributed by atoms with Gasteiger partial charge in [0.25, 0.3) is 0 Å². The number of nitrogens with zero attached hydrogens (tertiary/aromatic N) is 4. The molecule has 5 aromatic rings. The molecule has 0 bridgehead atoms. The van der Waals surface area contributed by atoms with E-state index >= 15 is 0 Å². The van der Waals surface area contributed by atoms with Crippen LogP contribution in [0.1, 0.15) is 0 Å². The van der Waals surface area contributed by atoms with Gasteiger partial charge in [0.15, 0.2) is 0 Å². The molecule has 0 spiro atoms. The average molecular weight is 453 g/mol. The third-order valence-electron chi connectivity index (χ3n) is 4.93. The first kappa shape index (κ1) is 17.6. The molecule has 4 heterocycles. The van der Waals surface area contributed by atoms with Crippen molar-refractivity contribution in [3.05, 3.63) is 58.8 Å². The number of aryl methyl sites for hydroxylation is 1. The predicted octanol–water partition coefficient (Wildman–Crippen LogP) is 5.07. The Bertz CT molecular complexity index is 1320. The average Bonchev–Trinajstić information content (AvgIpc) is 3.39. The van der Waals surface area contributed by atoms with Gasteiger partial charge in [-0.15, -0.1) is 11.3 Å². The smallest absolute Gasteiger partial charge is 0.140 e. The Hall–Kier alpha value is -2.48. The van der Waals surface area contributed by atoms with Crippen LogP contribution in [0.5, 0.6) is 0 Å². The number of aliphatic hydroxyl groups is 1. The van der Waals surface area contributed by atoms with Crippen molar-refractivity contribution in [3.63, 3.8) is 0 Å². The number of thiazole rings is 1. The summed E-state index contributed by atoms with van der Waals surface area (Å²) in [6.07, 6.45) is 5.98. The number of benzene rings is 1. The molecule has 0 aliphatic carbocycles. The number of aromatic nitrogens is 4. The van der Waals surface area contributed by atoms with Gasteiger partial charge in [-0.25, -0.2) is 9.97 Å². The van der Waals surface area contributed by atoms with E-state index in [1.165, 1.54) is 0 Å². The number of hydrogen-bond donors (Lipinski definition) is 1. The molecule has 5 rings (SSSR count). The van der Waals surface area contributed by atoms with Gasteiger partial charge >= 0.3 is 0 Å². The van der Waals surface area contributed by atoms with Gasteiger partial charge in [0.2, 0.25) is 0 Å². The molecule has 0 unspecified atom stereocenters. The summed E-state index contributed by atoms with van der Waals surface area (Å²) in [5.41, 5.74) is 5.18. The van der Waals surface area contributed by atoms with E-state index in [0.29, 0.717) is 6.54 Å². The number of fused-ring (bicyclic) bond motifs is 2. The first-order valence-electron chi connectivity index (χ1n) is 8.91. The van der Waals surface area contributed by atoms with Crippen molar-refractivity contribution < 1.29 is 5.11 Å². The predicted molar refractivity (Wildman–Crippen MR) is 118 cm³/mol. The van der Waals surface area contributed by atoms with Gasteiger partial charge in [0.05, 0.1) is 12.3 Å². The van der Waals surface area contributed by atoms with Crippen LogP contribution in [-0.2, 0) is 13.6 Å². The Morgan fingerprint density at radius 2 is 2.04 bits per heavy atom. The van der Waals surface area contributed by atoms with Gasteiger partial charge in [0.1, 0.15) is 10.7 Å². The van der Waals surface area contributed by atoms with Crippen molar-refractivity contribution in [3.8, 4) is 21.8 Å². The molecule has 0 fully saturated rings. The van der Waals surface area contributed by atoms with Crippen LogP contribution in [0, 0.1) is 0 Å². The van der Waals surface area contributed by atoms with E-state index in [-0.39, 0.29) is 6.61 Å². The first-order chi connectivity index (χ1) is 13.7. The Morgan fingerprint density at radius 1 is 1.14 bits per heavy atom. The highest BCUT2D eigenvalue weighted by molar-refractivity contribution is 9.10. The fourth-order valence-corrected chi connectivity index (χ4v) is 4.88. The normalized spacial score (nSPS) is 11.7. The highest BCUT2D eigenvalue weighted by Gasteiger charge is 2.17. The molecule has 0 aliphatic rings. The van der Waals surface area contributed by atoms with E-state index in [9.17, 15) is 5.11 Å². The SMILES string of the molecule is Cn1cc(-c2csc(-c3cn(CCO)c4ccc(Br)cc34)n2)c2cccnc21. The quantitative estimate of drug-likeness (QED) is 0.413. The molecule has 7 heteroatoms. The molecule has 0 atom stereocenters. The van der Waals surface area contributed by atoms with Crippen molar-refractivity contribution in [2.45, 2.75) is 6.54 Å². The molecule has 0 radical (unpaired) electrons. The molecule has 1 N–H and O–H groups in total. The molecular weight excluding hydrogens is 436 g/mol. The van der Waals surface area contributed by atoms with Crippen LogP contribution in [0.4, 0.5) is 0 Å². The lowest BCUT2D eigenvalue weighted by Gasteiger charge is -2.01. The molecule has 0 aliphatic heterocycles. The summed E-state index contributed by atoms with van der Waals surface area (Å²) in [5.74, 6) is 0. The zero-order valence-electron chi connectivity index (χ0n) is 15.1. The van der Waals surface area contributed by atoms with Crippen LogP contribution in [-0.4, -0.2) is 30.8 Å². The van der Waals surface area contributed by atoms with Crippen LogP contribution in [0.15, 0.2) is 58.8 Å². The van der Waals surface area contributed by atoms with Crippen molar-refractivity contribution >= 4 is 49.2 Å².